The van der Waals surface area contributed by atoms with Crippen LogP contribution < -0.4 is 5.32 Å². The maximum atomic E-state index is 13.1. The first-order valence-electron chi connectivity index (χ1n) is 9.42. The Morgan fingerprint density at radius 2 is 2.10 bits per heavy atom. The number of hydrogen-bond donors (Lipinski definition) is 1. The normalized spacial score (nSPS) is 17.4. The Balaban J connectivity index is 1.76. The zero-order valence-electron chi connectivity index (χ0n) is 16.7. The van der Waals surface area contributed by atoms with E-state index in [-0.39, 0.29) is 36.2 Å². The van der Waals surface area contributed by atoms with Crippen LogP contribution in [0.4, 0.5) is 0 Å². The molecule has 3 heterocycles. The van der Waals surface area contributed by atoms with Gasteiger partial charge in [-0.15, -0.1) is 0 Å². The molecule has 9 nitrogen and oxygen atoms in total. The second kappa shape index (κ2) is 8.42. The second-order valence-electron chi connectivity index (χ2n) is 6.90. The summed E-state index contributed by atoms with van der Waals surface area (Å²) in [6, 6.07) is 4.04. The summed E-state index contributed by atoms with van der Waals surface area (Å²) in [5.41, 5.74) is 0.138. The van der Waals surface area contributed by atoms with Gasteiger partial charge in [0.15, 0.2) is 0 Å². The van der Waals surface area contributed by atoms with Crippen LogP contribution in [0.1, 0.15) is 41.8 Å². The summed E-state index contributed by atoms with van der Waals surface area (Å²) in [4.78, 5) is 24.6. The average Bonchev–Trinajstić information content (AvgIpc) is 3.39. The number of aromatic nitrogens is 1. The predicted molar refractivity (Wildman–Crippen MR) is 104 cm³/mol. The molecular weight excluding hydrogens is 398 g/mol. The van der Waals surface area contributed by atoms with Crippen LogP contribution in [-0.4, -0.2) is 48.4 Å². The van der Waals surface area contributed by atoms with Crippen molar-refractivity contribution in [1.29, 1.82) is 0 Å². The zero-order valence-corrected chi connectivity index (χ0v) is 17.5. The van der Waals surface area contributed by atoms with E-state index in [1.54, 1.807) is 33.0 Å². The number of sulfonamides is 1. The van der Waals surface area contributed by atoms with Crippen molar-refractivity contribution in [3.63, 3.8) is 0 Å². The summed E-state index contributed by atoms with van der Waals surface area (Å²) in [5.74, 6) is 0.369. The third-order valence-electron chi connectivity index (χ3n) is 4.81. The van der Waals surface area contributed by atoms with E-state index in [0.29, 0.717) is 18.6 Å². The number of nitrogens with zero attached hydrogens (tertiary/aromatic N) is 2. The van der Waals surface area contributed by atoms with Gasteiger partial charge >= 0.3 is 5.97 Å². The first-order valence-corrected chi connectivity index (χ1v) is 10.9. The zero-order chi connectivity index (χ0) is 21.2. The topological polar surface area (TPSA) is 111 Å². The lowest BCUT2D eigenvalue weighted by molar-refractivity contribution is -0.124. The number of amides is 1. The highest BCUT2D eigenvalue weighted by atomic mass is 32.2. The van der Waals surface area contributed by atoms with Crippen molar-refractivity contribution >= 4 is 21.9 Å². The fourth-order valence-electron chi connectivity index (χ4n) is 3.38. The molecule has 1 saturated heterocycles. The van der Waals surface area contributed by atoms with Crippen LogP contribution >= 0.6 is 0 Å². The van der Waals surface area contributed by atoms with E-state index < -0.39 is 22.0 Å². The summed E-state index contributed by atoms with van der Waals surface area (Å²) in [7, 11) is -2.37. The van der Waals surface area contributed by atoms with Gasteiger partial charge in [-0.05, 0) is 44.9 Å². The molecule has 1 fully saturated rings. The molecule has 1 aliphatic rings. The molecule has 2 aromatic rings. The Bertz CT molecular complexity index is 1010. The van der Waals surface area contributed by atoms with E-state index in [2.05, 4.69) is 5.32 Å². The van der Waals surface area contributed by atoms with Crippen LogP contribution in [0, 0.1) is 6.92 Å². The van der Waals surface area contributed by atoms with Gasteiger partial charge in [-0.2, -0.15) is 4.31 Å². The number of ether oxygens (including phenoxy) is 1. The Labute approximate surface area is 169 Å². The molecule has 10 heteroatoms. The Hall–Kier alpha value is -2.59. The molecule has 29 heavy (non-hydrogen) atoms. The van der Waals surface area contributed by atoms with Crippen LogP contribution in [0.5, 0.6) is 0 Å². The first-order chi connectivity index (χ1) is 13.7. The number of aryl methyl sites for hydroxylation is 2. The maximum Gasteiger partial charge on any atom is 0.354 e. The van der Waals surface area contributed by atoms with Gasteiger partial charge in [0.2, 0.25) is 15.9 Å². The lowest BCUT2D eigenvalue weighted by Crippen LogP contribution is -2.45. The molecule has 1 amide bonds. The van der Waals surface area contributed by atoms with Gasteiger partial charge in [-0.1, -0.05) is 0 Å². The van der Waals surface area contributed by atoms with E-state index in [9.17, 15) is 18.0 Å². The number of carbonyl (C=O) groups excluding carboxylic acids is 2. The third-order valence-corrected chi connectivity index (χ3v) is 6.68. The standard InChI is InChI=1S/C19H25N3O6S/c1-4-27-19(24)17-10-15(12-21(17)3)29(25,26)22-9-5-6-16(22)18(23)20-11-14-8-7-13(2)28-14/h7-8,10,12,16H,4-6,9,11H2,1-3H3,(H,20,23)/t16-/m0/s1. The minimum absolute atomic E-state index is 0.0376. The summed E-state index contributed by atoms with van der Waals surface area (Å²) < 4.78 is 39.3. The van der Waals surface area contributed by atoms with E-state index in [4.69, 9.17) is 9.15 Å². The maximum absolute atomic E-state index is 13.1. The monoisotopic (exact) mass is 423 g/mol. The van der Waals surface area contributed by atoms with Crippen molar-refractivity contribution in [2.75, 3.05) is 13.2 Å². The van der Waals surface area contributed by atoms with Gasteiger partial charge in [0, 0.05) is 19.8 Å². The smallest absolute Gasteiger partial charge is 0.354 e. The highest BCUT2D eigenvalue weighted by Gasteiger charge is 2.40. The molecule has 0 spiro atoms. The van der Waals surface area contributed by atoms with Crippen molar-refractivity contribution in [3.8, 4) is 0 Å². The molecule has 2 aromatic heterocycles. The van der Waals surface area contributed by atoms with Gasteiger partial charge in [0.05, 0.1) is 13.2 Å². The van der Waals surface area contributed by atoms with Gasteiger partial charge < -0.3 is 19.0 Å². The van der Waals surface area contributed by atoms with Crippen molar-refractivity contribution < 1.29 is 27.2 Å². The van der Waals surface area contributed by atoms with E-state index in [1.807, 2.05) is 0 Å². The van der Waals surface area contributed by atoms with E-state index in [1.165, 1.54) is 21.1 Å². The molecule has 0 aromatic carbocycles. The van der Waals surface area contributed by atoms with Crippen LogP contribution in [0.25, 0.3) is 0 Å². The molecule has 0 unspecified atom stereocenters. The fourth-order valence-corrected chi connectivity index (χ4v) is 5.11. The van der Waals surface area contributed by atoms with Gasteiger partial charge in [0.25, 0.3) is 0 Å². The number of esters is 1. The van der Waals surface area contributed by atoms with Gasteiger partial charge in [-0.25, -0.2) is 13.2 Å². The molecular formula is C19H25N3O6S. The number of rotatable bonds is 7. The SMILES string of the molecule is CCOC(=O)c1cc(S(=O)(=O)N2CCC[C@H]2C(=O)NCc2ccc(C)o2)cn1C. The Kier molecular flexibility index (Phi) is 6.13. The molecule has 0 radical (unpaired) electrons. The summed E-state index contributed by atoms with van der Waals surface area (Å²) >= 11 is 0. The fraction of sp³-hybridized carbons (Fsp3) is 0.474. The van der Waals surface area contributed by atoms with Crippen molar-refractivity contribution in [3.05, 3.63) is 41.6 Å². The van der Waals surface area contributed by atoms with Crippen LogP contribution in [0.15, 0.2) is 33.7 Å². The van der Waals surface area contributed by atoms with Crippen LogP contribution in [-0.2, 0) is 33.1 Å². The lowest BCUT2D eigenvalue weighted by Gasteiger charge is -2.22. The van der Waals surface area contributed by atoms with Gasteiger partial charge in [-0.3, -0.25) is 4.79 Å². The first kappa shape index (κ1) is 21.1. The van der Waals surface area contributed by atoms with Crippen LogP contribution in [0.2, 0.25) is 0 Å². The Morgan fingerprint density at radius 3 is 2.76 bits per heavy atom. The molecule has 0 saturated carbocycles. The molecule has 1 atom stereocenters. The molecule has 1 N–H and O–H groups in total. The number of carbonyl (C=O) groups is 2. The summed E-state index contributed by atoms with van der Waals surface area (Å²) in [5, 5.41) is 2.74. The molecule has 0 bridgehead atoms. The summed E-state index contributed by atoms with van der Waals surface area (Å²) in [6.07, 6.45) is 2.37. The lowest BCUT2D eigenvalue weighted by atomic mass is 10.2. The minimum Gasteiger partial charge on any atom is -0.465 e. The number of furan rings is 1. The van der Waals surface area contributed by atoms with E-state index >= 15 is 0 Å². The van der Waals surface area contributed by atoms with Gasteiger partial charge in [0.1, 0.15) is 28.2 Å². The largest absolute Gasteiger partial charge is 0.465 e. The highest BCUT2D eigenvalue weighted by Crippen LogP contribution is 2.27. The predicted octanol–water partition coefficient (Wildman–Crippen LogP) is 1.57. The van der Waals surface area contributed by atoms with Crippen molar-refractivity contribution in [1.82, 2.24) is 14.2 Å². The highest BCUT2D eigenvalue weighted by molar-refractivity contribution is 7.89. The molecule has 3 rings (SSSR count). The Morgan fingerprint density at radius 1 is 1.34 bits per heavy atom. The molecule has 1 aliphatic heterocycles. The number of hydrogen-bond acceptors (Lipinski definition) is 6. The molecule has 158 valence electrons. The average molecular weight is 423 g/mol. The minimum atomic E-state index is -3.94. The number of nitrogens with one attached hydrogen (secondary N) is 1. The summed E-state index contributed by atoms with van der Waals surface area (Å²) in [6.45, 7) is 4.10. The quantitative estimate of drug-likeness (QED) is 0.677. The second-order valence-corrected chi connectivity index (χ2v) is 8.79. The van der Waals surface area contributed by atoms with E-state index in [0.717, 1.165) is 5.76 Å². The van der Waals surface area contributed by atoms with Crippen molar-refractivity contribution in [2.24, 2.45) is 7.05 Å². The van der Waals surface area contributed by atoms with Crippen LogP contribution in [0.3, 0.4) is 0 Å². The third kappa shape index (κ3) is 4.38. The molecule has 0 aliphatic carbocycles. The van der Waals surface area contributed by atoms with Crippen molar-refractivity contribution in [2.45, 2.75) is 44.2 Å².